The minimum atomic E-state index is 0. The maximum absolute atomic E-state index is 4.01. The molecule has 2 aromatic heterocycles. The van der Waals surface area contributed by atoms with Crippen LogP contribution in [0.5, 0.6) is 0 Å². The second kappa shape index (κ2) is 4.20. The summed E-state index contributed by atoms with van der Waals surface area (Å²) < 4.78 is 1.03. The van der Waals surface area contributed by atoms with Crippen LogP contribution in [0, 0.1) is 6.20 Å². The van der Waals surface area contributed by atoms with Gasteiger partial charge in [0.15, 0.2) is 0 Å². The maximum atomic E-state index is 4.01. The number of aromatic nitrogens is 2. The van der Waals surface area contributed by atoms with Crippen molar-refractivity contribution in [1.29, 1.82) is 0 Å². The molecule has 4 heteroatoms. The van der Waals surface area contributed by atoms with E-state index in [2.05, 4.69) is 16.2 Å². The minimum Gasteiger partial charge on any atom is -0.374 e. The van der Waals surface area contributed by atoms with Crippen LogP contribution in [0.25, 0.3) is 10.2 Å². The average Bonchev–Trinajstić information content (AvgIpc) is 2.33. The SMILES string of the molecule is [Cs+].[c-]1ncnc2ccsc12. The molecule has 2 rings (SSSR count). The van der Waals surface area contributed by atoms with E-state index in [1.54, 1.807) is 11.3 Å². The summed E-state index contributed by atoms with van der Waals surface area (Å²) in [6.07, 6.45) is 4.35. The molecule has 0 saturated heterocycles. The zero-order valence-corrected chi connectivity index (χ0v) is 12.6. The molecule has 0 aliphatic carbocycles. The van der Waals surface area contributed by atoms with E-state index in [-0.39, 0.29) is 68.9 Å². The Balaban J connectivity index is 0.000000500. The second-order valence-corrected chi connectivity index (χ2v) is 2.54. The molecule has 0 fully saturated rings. The van der Waals surface area contributed by atoms with Crippen molar-refractivity contribution in [3.63, 3.8) is 0 Å². The molecule has 0 N–H and O–H groups in total. The molecule has 0 aromatic carbocycles. The van der Waals surface area contributed by atoms with Crippen LogP contribution in [-0.4, -0.2) is 9.97 Å². The Bertz CT molecular complexity index is 290. The Morgan fingerprint density at radius 1 is 1.50 bits per heavy atom. The average molecular weight is 268 g/mol. The maximum Gasteiger partial charge on any atom is 1.00 e. The summed E-state index contributed by atoms with van der Waals surface area (Å²) in [4.78, 5) is 7.77. The smallest absolute Gasteiger partial charge is 0.374 e. The van der Waals surface area contributed by atoms with Gasteiger partial charge in [0.05, 0.1) is 0 Å². The molecule has 0 bridgehead atoms. The first kappa shape index (κ1) is 9.18. The first-order chi connectivity index (χ1) is 4.47. The van der Waals surface area contributed by atoms with Gasteiger partial charge in [0, 0.05) is 6.33 Å². The third kappa shape index (κ3) is 1.82. The number of hydrogen-bond donors (Lipinski definition) is 0. The van der Waals surface area contributed by atoms with Crippen LogP contribution < -0.4 is 68.9 Å². The molecular weight excluding hydrogens is 265 g/mol. The second-order valence-electron chi connectivity index (χ2n) is 1.62. The molecule has 44 valence electrons. The monoisotopic (exact) mass is 268 g/mol. The van der Waals surface area contributed by atoms with E-state index in [1.807, 2.05) is 11.4 Å². The summed E-state index contributed by atoms with van der Waals surface area (Å²) in [5.41, 5.74) is 0.981. The van der Waals surface area contributed by atoms with Crippen LogP contribution in [0.2, 0.25) is 0 Å². The molecule has 2 aromatic rings. The van der Waals surface area contributed by atoms with Crippen molar-refractivity contribution in [1.82, 2.24) is 9.97 Å². The molecule has 2 nitrogen and oxygen atoms in total. The Kier molecular flexibility index (Phi) is 3.86. The summed E-state index contributed by atoms with van der Waals surface area (Å²) in [6.45, 7) is 0. The van der Waals surface area contributed by atoms with Gasteiger partial charge in [0.2, 0.25) is 0 Å². The summed E-state index contributed by atoms with van der Waals surface area (Å²) >= 11 is 1.61. The molecule has 0 amide bonds. The van der Waals surface area contributed by atoms with Gasteiger partial charge in [-0.25, -0.2) is 0 Å². The van der Waals surface area contributed by atoms with Gasteiger partial charge in [-0.15, -0.1) is 0 Å². The van der Waals surface area contributed by atoms with Crippen molar-refractivity contribution in [2.45, 2.75) is 0 Å². The van der Waals surface area contributed by atoms with Crippen molar-refractivity contribution in [3.05, 3.63) is 24.0 Å². The summed E-state index contributed by atoms with van der Waals surface area (Å²) in [7, 11) is 0. The summed E-state index contributed by atoms with van der Waals surface area (Å²) in [6, 6.07) is 1.96. The van der Waals surface area contributed by atoms with Crippen LogP contribution in [0.15, 0.2) is 17.8 Å². The Labute approximate surface area is 121 Å². The number of thiophene rings is 1. The summed E-state index contributed by atoms with van der Waals surface area (Å²) in [5, 5.41) is 1.98. The summed E-state index contributed by atoms with van der Waals surface area (Å²) in [5.74, 6) is 0. The van der Waals surface area contributed by atoms with Gasteiger partial charge in [-0.1, -0.05) is 12.3 Å². The molecule has 0 atom stereocenters. The van der Waals surface area contributed by atoms with E-state index >= 15 is 0 Å². The van der Waals surface area contributed by atoms with Crippen LogP contribution in [0.1, 0.15) is 0 Å². The number of fused-ring (bicyclic) bond motifs is 1. The van der Waals surface area contributed by atoms with Crippen LogP contribution in [-0.2, 0) is 0 Å². The Hall–Kier alpha value is 1.09. The fourth-order valence-corrected chi connectivity index (χ4v) is 1.35. The van der Waals surface area contributed by atoms with Gasteiger partial charge in [0.25, 0.3) is 0 Å². The van der Waals surface area contributed by atoms with Crippen molar-refractivity contribution >= 4 is 21.6 Å². The van der Waals surface area contributed by atoms with E-state index in [1.165, 1.54) is 6.33 Å². The predicted octanol–water partition coefficient (Wildman–Crippen LogP) is -1.50. The van der Waals surface area contributed by atoms with Crippen LogP contribution in [0.3, 0.4) is 0 Å². The molecule has 0 aliphatic heterocycles. The Morgan fingerprint density at radius 3 is 3.20 bits per heavy atom. The molecule has 2 heterocycles. The minimum absolute atomic E-state index is 0. The molecule has 10 heavy (non-hydrogen) atoms. The quantitative estimate of drug-likeness (QED) is 0.543. The van der Waals surface area contributed by atoms with Gasteiger partial charge in [-0.2, -0.15) is 11.3 Å². The molecule has 0 unspecified atom stereocenters. The van der Waals surface area contributed by atoms with Gasteiger partial charge >= 0.3 is 68.9 Å². The van der Waals surface area contributed by atoms with E-state index in [9.17, 15) is 0 Å². The van der Waals surface area contributed by atoms with E-state index < -0.39 is 0 Å². The van der Waals surface area contributed by atoms with Crippen LogP contribution in [0.4, 0.5) is 0 Å². The van der Waals surface area contributed by atoms with Gasteiger partial charge < -0.3 is 9.97 Å². The van der Waals surface area contributed by atoms with Crippen molar-refractivity contribution < 1.29 is 68.9 Å². The first-order valence-corrected chi connectivity index (χ1v) is 3.41. The zero-order chi connectivity index (χ0) is 6.10. The normalized spacial score (nSPS) is 9.20. The third-order valence-electron chi connectivity index (χ3n) is 1.07. The van der Waals surface area contributed by atoms with Gasteiger partial charge in [-0.05, 0) is 15.6 Å². The van der Waals surface area contributed by atoms with E-state index in [0.29, 0.717) is 0 Å². The number of rotatable bonds is 0. The van der Waals surface area contributed by atoms with Gasteiger partial charge in [-0.3, -0.25) is 0 Å². The first-order valence-electron chi connectivity index (χ1n) is 2.53. The fraction of sp³-hybridized carbons (Fsp3) is 0. The predicted molar refractivity (Wildman–Crippen MR) is 36.3 cm³/mol. The van der Waals surface area contributed by atoms with Crippen molar-refractivity contribution in [2.24, 2.45) is 0 Å². The number of hydrogen-bond acceptors (Lipinski definition) is 3. The molecule has 0 saturated carbocycles. The molecule has 0 radical (unpaired) electrons. The van der Waals surface area contributed by atoms with Gasteiger partial charge in [0.1, 0.15) is 0 Å². The molecule has 0 aliphatic rings. The molecule has 0 spiro atoms. The number of nitrogens with zero attached hydrogens (tertiary/aromatic N) is 2. The molecular formula is C6H3CsN2S. The largest absolute Gasteiger partial charge is 1.00 e. The van der Waals surface area contributed by atoms with Crippen molar-refractivity contribution in [3.8, 4) is 0 Å². The topological polar surface area (TPSA) is 25.8 Å². The fourth-order valence-electron chi connectivity index (χ4n) is 0.666. The van der Waals surface area contributed by atoms with E-state index in [4.69, 9.17) is 0 Å². The van der Waals surface area contributed by atoms with E-state index in [0.717, 1.165) is 10.2 Å². The van der Waals surface area contributed by atoms with Crippen LogP contribution >= 0.6 is 11.3 Å². The third-order valence-corrected chi connectivity index (χ3v) is 1.87. The van der Waals surface area contributed by atoms with Crippen molar-refractivity contribution in [2.75, 3.05) is 0 Å². The Morgan fingerprint density at radius 2 is 2.40 bits per heavy atom. The standard InChI is InChI=1S/C6H3N2S.Cs/c1-2-9-6-3-7-4-8-5(1)6;/h1-2,4H;/q-1;+1. The zero-order valence-electron chi connectivity index (χ0n) is 5.53.